The van der Waals surface area contributed by atoms with Crippen LogP contribution in [-0.4, -0.2) is 59.3 Å². The number of hydrogen-bond donors (Lipinski definition) is 3. The summed E-state index contributed by atoms with van der Waals surface area (Å²) in [5.41, 5.74) is 1.17. The lowest BCUT2D eigenvalue weighted by molar-refractivity contribution is -0.137. The molecule has 41 heavy (non-hydrogen) atoms. The maximum absolute atomic E-state index is 13.1. The first kappa shape index (κ1) is 30.0. The molecule has 2 heterocycles. The molecule has 1 aromatic heterocycles. The normalized spacial score (nSPS) is 16.7. The highest BCUT2D eigenvalue weighted by Crippen LogP contribution is 2.36. The molecule has 0 aliphatic carbocycles. The van der Waals surface area contributed by atoms with Gasteiger partial charge in [-0.2, -0.15) is 13.2 Å². The molecule has 3 N–H and O–H groups in total. The van der Waals surface area contributed by atoms with E-state index in [2.05, 4.69) is 20.9 Å². The summed E-state index contributed by atoms with van der Waals surface area (Å²) in [4.78, 5) is 44.4. The number of rotatable bonds is 8. The zero-order valence-electron chi connectivity index (χ0n) is 22.4. The monoisotopic (exact) mass is 587 g/mol. The summed E-state index contributed by atoms with van der Waals surface area (Å²) in [6.07, 6.45) is -1.27. The number of alkyl halides is 3. The second-order valence-corrected chi connectivity index (χ2v) is 9.98. The molecule has 0 saturated carbocycles. The van der Waals surface area contributed by atoms with Crippen LogP contribution in [0.4, 0.5) is 18.9 Å². The van der Waals surface area contributed by atoms with E-state index in [0.29, 0.717) is 41.9 Å². The minimum absolute atomic E-state index is 0.0322. The van der Waals surface area contributed by atoms with E-state index in [9.17, 15) is 27.6 Å². The van der Waals surface area contributed by atoms with Gasteiger partial charge in [0.15, 0.2) is 0 Å². The van der Waals surface area contributed by atoms with Gasteiger partial charge in [-0.1, -0.05) is 23.7 Å². The minimum atomic E-state index is -4.65. The Labute approximate surface area is 240 Å². The number of carbonyl (C=O) groups excluding carboxylic acids is 3. The first-order valence-electron chi connectivity index (χ1n) is 13.1. The summed E-state index contributed by atoms with van der Waals surface area (Å²) < 4.78 is 39.4. The van der Waals surface area contributed by atoms with Crippen molar-refractivity contribution >= 4 is 35.0 Å². The maximum atomic E-state index is 13.1. The molecule has 0 spiro atoms. The van der Waals surface area contributed by atoms with Gasteiger partial charge in [0.1, 0.15) is 0 Å². The number of benzene rings is 2. The summed E-state index contributed by atoms with van der Waals surface area (Å²) >= 11 is 5.65. The molecule has 12 heteroatoms. The summed E-state index contributed by atoms with van der Waals surface area (Å²) in [5.74, 6) is -0.996. The Morgan fingerprint density at radius 1 is 1.02 bits per heavy atom. The van der Waals surface area contributed by atoms with Crippen molar-refractivity contribution in [1.29, 1.82) is 0 Å². The molecule has 1 saturated heterocycles. The number of hydrogen-bond acceptors (Lipinski definition) is 5. The molecule has 1 aliphatic heterocycles. The summed E-state index contributed by atoms with van der Waals surface area (Å²) in [5, 5.41) is 7.90. The largest absolute Gasteiger partial charge is 0.417 e. The van der Waals surface area contributed by atoms with Gasteiger partial charge in [0.2, 0.25) is 5.91 Å². The Morgan fingerprint density at radius 2 is 1.76 bits per heavy atom. The molecular formula is C29H29ClF3N5O3. The number of halogens is 4. The predicted octanol–water partition coefficient (Wildman–Crippen LogP) is 5.00. The van der Waals surface area contributed by atoms with Crippen molar-refractivity contribution < 1.29 is 27.6 Å². The molecule has 216 valence electrons. The van der Waals surface area contributed by atoms with Crippen LogP contribution in [0.5, 0.6) is 0 Å². The van der Waals surface area contributed by atoms with Crippen LogP contribution < -0.4 is 16.0 Å². The molecule has 2 aromatic carbocycles. The Balaban J connectivity index is 1.39. The van der Waals surface area contributed by atoms with Gasteiger partial charge in [-0.25, -0.2) is 0 Å². The molecule has 2 atom stereocenters. The fourth-order valence-corrected chi connectivity index (χ4v) is 4.84. The first-order chi connectivity index (χ1) is 19.5. The average molecular weight is 588 g/mol. The van der Waals surface area contributed by atoms with Crippen molar-refractivity contribution in [2.45, 2.75) is 38.5 Å². The Kier molecular flexibility index (Phi) is 9.29. The molecule has 3 amide bonds. The first-order valence-corrected chi connectivity index (χ1v) is 13.4. The third-order valence-electron chi connectivity index (χ3n) is 6.82. The van der Waals surface area contributed by atoms with Crippen molar-refractivity contribution in [1.82, 2.24) is 20.5 Å². The average Bonchev–Trinajstić information content (AvgIpc) is 3.43. The van der Waals surface area contributed by atoms with Crippen LogP contribution in [0.2, 0.25) is 5.02 Å². The van der Waals surface area contributed by atoms with Crippen molar-refractivity contribution in [2.24, 2.45) is 0 Å². The molecule has 0 bridgehead atoms. The fraction of sp³-hybridized carbons (Fsp3) is 0.310. The standard InChI is InChI=1S/C29H29ClF3N5O3/c1-3-38(4-2)28(41)20-11-19(14-34-15-20)17-6-5-7-18(10-17)26(39)37-22-13-25(35-16-22)27(40)36-21-8-9-24(30)23(12-21)29(31,32)33/h5-12,14-15,22,25,35H,3-4,13,16H2,1-2H3,(H,36,40)(H,37,39)/t22-,25-/m1/s1. The zero-order valence-corrected chi connectivity index (χ0v) is 23.1. The number of amides is 3. The molecular weight excluding hydrogens is 559 g/mol. The van der Waals surface area contributed by atoms with E-state index in [4.69, 9.17) is 11.6 Å². The summed E-state index contributed by atoms with van der Waals surface area (Å²) in [7, 11) is 0. The van der Waals surface area contributed by atoms with Crippen LogP contribution in [-0.2, 0) is 11.0 Å². The highest BCUT2D eigenvalue weighted by molar-refractivity contribution is 6.31. The fourth-order valence-electron chi connectivity index (χ4n) is 4.61. The van der Waals surface area contributed by atoms with Crippen LogP contribution in [0.3, 0.4) is 0 Å². The van der Waals surface area contributed by atoms with Crippen molar-refractivity contribution in [3.05, 3.63) is 82.6 Å². The van der Waals surface area contributed by atoms with Crippen molar-refractivity contribution in [2.75, 3.05) is 25.0 Å². The van der Waals surface area contributed by atoms with Crippen molar-refractivity contribution in [3.8, 4) is 11.1 Å². The van der Waals surface area contributed by atoms with Gasteiger partial charge < -0.3 is 20.9 Å². The van der Waals surface area contributed by atoms with Gasteiger partial charge >= 0.3 is 6.18 Å². The maximum Gasteiger partial charge on any atom is 0.417 e. The highest BCUT2D eigenvalue weighted by atomic mass is 35.5. The van der Waals surface area contributed by atoms with E-state index in [1.807, 2.05) is 19.9 Å². The Morgan fingerprint density at radius 3 is 2.46 bits per heavy atom. The second kappa shape index (κ2) is 12.7. The lowest BCUT2D eigenvalue weighted by Gasteiger charge is -2.18. The molecule has 0 radical (unpaired) electrons. The topological polar surface area (TPSA) is 103 Å². The van der Waals surface area contributed by atoms with Crippen LogP contribution in [0.15, 0.2) is 60.9 Å². The van der Waals surface area contributed by atoms with E-state index in [1.54, 1.807) is 35.4 Å². The smallest absolute Gasteiger partial charge is 0.348 e. The van der Waals surface area contributed by atoms with Crippen LogP contribution in [0.25, 0.3) is 11.1 Å². The quantitative estimate of drug-likeness (QED) is 0.344. The summed E-state index contributed by atoms with van der Waals surface area (Å²) in [6, 6.07) is 10.7. The van der Waals surface area contributed by atoms with Crippen molar-refractivity contribution in [3.63, 3.8) is 0 Å². The molecule has 1 fully saturated rings. The van der Waals surface area contributed by atoms with Gasteiger partial charge in [-0.3, -0.25) is 19.4 Å². The van der Waals surface area contributed by atoms with E-state index in [-0.39, 0.29) is 30.0 Å². The number of nitrogens with one attached hydrogen (secondary N) is 3. The lowest BCUT2D eigenvalue weighted by Crippen LogP contribution is -2.36. The SMILES string of the molecule is CCN(CC)C(=O)c1cncc(-c2cccc(C(=O)N[C@H]3CN[C@@H](C(=O)Nc4ccc(Cl)c(C(F)(F)F)c4)C3)c2)c1. The van der Waals surface area contributed by atoms with E-state index < -0.39 is 28.7 Å². The van der Waals surface area contributed by atoms with E-state index in [1.165, 1.54) is 12.3 Å². The molecule has 1 aliphatic rings. The third-order valence-corrected chi connectivity index (χ3v) is 7.15. The van der Waals surface area contributed by atoms with E-state index >= 15 is 0 Å². The Hall–Kier alpha value is -3.96. The minimum Gasteiger partial charge on any atom is -0.348 e. The van der Waals surface area contributed by atoms with Crippen LogP contribution in [0.1, 0.15) is 46.5 Å². The van der Waals surface area contributed by atoms with E-state index in [0.717, 1.165) is 12.1 Å². The van der Waals surface area contributed by atoms with Crippen LogP contribution >= 0.6 is 11.6 Å². The van der Waals surface area contributed by atoms with Gasteiger partial charge in [0.05, 0.1) is 22.2 Å². The van der Waals surface area contributed by atoms with Gasteiger partial charge in [0.25, 0.3) is 11.8 Å². The predicted molar refractivity (Wildman–Crippen MR) is 150 cm³/mol. The Bertz CT molecular complexity index is 1450. The third kappa shape index (κ3) is 7.22. The lowest BCUT2D eigenvalue weighted by atomic mass is 10.0. The number of carbonyl (C=O) groups is 3. The van der Waals surface area contributed by atoms with Gasteiger partial charge in [-0.15, -0.1) is 0 Å². The van der Waals surface area contributed by atoms with Crippen LogP contribution in [0, 0.1) is 0 Å². The number of pyridine rings is 1. The highest BCUT2D eigenvalue weighted by Gasteiger charge is 2.34. The number of anilines is 1. The second-order valence-electron chi connectivity index (χ2n) is 9.57. The van der Waals surface area contributed by atoms with Gasteiger partial charge in [0, 0.05) is 54.9 Å². The molecule has 8 nitrogen and oxygen atoms in total. The summed E-state index contributed by atoms with van der Waals surface area (Å²) in [6.45, 7) is 5.27. The molecule has 0 unspecified atom stereocenters. The number of aromatic nitrogens is 1. The number of nitrogens with zero attached hydrogens (tertiary/aromatic N) is 2. The molecule has 3 aromatic rings. The molecule has 4 rings (SSSR count). The van der Waals surface area contributed by atoms with Gasteiger partial charge in [-0.05, 0) is 62.2 Å². The zero-order chi connectivity index (χ0) is 29.7.